The Morgan fingerprint density at radius 3 is 2.31 bits per heavy atom. The Morgan fingerprint density at radius 1 is 0.943 bits per heavy atom. The van der Waals surface area contributed by atoms with Crippen LogP contribution in [0.5, 0.6) is 5.75 Å². The van der Waals surface area contributed by atoms with E-state index in [1.165, 1.54) is 18.2 Å². The fourth-order valence-corrected chi connectivity index (χ4v) is 4.50. The number of piperazine rings is 1. The van der Waals surface area contributed by atoms with E-state index in [-0.39, 0.29) is 12.5 Å². The van der Waals surface area contributed by atoms with Crippen molar-refractivity contribution < 1.29 is 19.1 Å². The number of hydrogen-bond donors (Lipinski definition) is 1. The lowest BCUT2D eigenvalue weighted by molar-refractivity contribution is -0.146. The second kappa shape index (κ2) is 9.49. The van der Waals surface area contributed by atoms with Gasteiger partial charge in [-0.2, -0.15) is 0 Å². The lowest BCUT2D eigenvalue weighted by Crippen LogP contribution is -2.52. The lowest BCUT2D eigenvalue weighted by atomic mass is 9.94. The van der Waals surface area contributed by atoms with Gasteiger partial charge in [0.15, 0.2) is 5.82 Å². The first-order valence-electron chi connectivity index (χ1n) is 11.3. The maximum atomic E-state index is 13.3. The van der Waals surface area contributed by atoms with Crippen molar-refractivity contribution in [3.8, 4) is 17.3 Å². The average Bonchev–Trinajstić information content (AvgIpc) is 3.38. The molecule has 1 atom stereocenters. The summed E-state index contributed by atoms with van der Waals surface area (Å²) in [6.07, 6.45) is 4.75. The van der Waals surface area contributed by atoms with Gasteiger partial charge in [-0.3, -0.25) is 14.4 Å². The molecule has 0 saturated carbocycles. The number of pyridine rings is 1. The molecule has 1 N–H and O–H groups in total. The first kappa shape index (κ1) is 22.5. The number of nitrogens with one attached hydrogen (secondary N) is 1. The van der Waals surface area contributed by atoms with Gasteiger partial charge >= 0.3 is 0 Å². The van der Waals surface area contributed by atoms with Crippen LogP contribution in [-0.2, 0) is 9.59 Å². The molecule has 2 amide bonds. The van der Waals surface area contributed by atoms with Gasteiger partial charge in [-0.1, -0.05) is 18.2 Å². The third-order valence-corrected chi connectivity index (χ3v) is 6.31. The van der Waals surface area contributed by atoms with Gasteiger partial charge < -0.3 is 19.9 Å². The number of benzene rings is 1. The number of nitrogens with zero attached hydrogens (tertiary/aromatic N) is 5. The van der Waals surface area contributed by atoms with Crippen molar-refractivity contribution in [3.63, 3.8) is 0 Å². The number of carbonyl (C=O) groups is 3. The van der Waals surface area contributed by atoms with Crippen molar-refractivity contribution >= 4 is 23.3 Å². The molecule has 35 heavy (non-hydrogen) atoms. The maximum Gasteiger partial charge on any atom is 0.290 e. The van der Waals surface area contributed by atoms with Crippen LogP contribution in [0, 0.1) is 0 Å². The van der Waals surface area contributed by atoms with E-state index >= 15 is 0 Å². The zero-order valence-corrected chi connectivity index (χ0v) is 19.2. The normalized spacial score (nSPS) is 16.9. The largest absolute Gasteiger partial charge is 0.495 e. The summed E-state index contributed by atoms with van der Waals surface area (Å²) in [6.45, 7) is 1.58. The van der Waals surface area contributed by atoms with Gasteiger partial charge in [0.05, 0.1) is 24.9 Å². The number of hydrogen-bond acceptors (Lipinski definition) is 8. The van der Waals surface area contributed by atoms with Crippen LogP contribution < -0.4 is 10.1 Å². The zero-order valence-electron chi connectivity index (χ0n) is 19.2. The number of methoxy groups -OCH3 is 1. The summed E-state index contributed by atoms with van der Waals surface area (Å²) in [5, 5.41) is 3.20. The van der Waals surface area contributed by atoms with Crippen LogP contribution in [0.3, 0.4) is 0 Å². The molecule has 2 aromatic heterocycles. The van der Waals surface area contributed by atoms with Crippen LogP contribution >= 0.6 is 0 Å². The van der Waals surface area contributed by atoms with E-state index in [0.29, 0.717) is 60.3 Å². The molecule has 0 aliphatic carbocycles. The van der Waals surface area contributed by atoms with E-state index in [0.717, 1.165) is 0 Å². The zero-order chi connectivity index (χ0) is 24.4. The molecule has 0 spiro atoms. The molecule has 5 rings (SSSR count). The Kier molecular flexibility index (Phi) is 6.09. The molecule has 10 heteroatoms. The fourth-order valence-electron chi connectivity index (χ4n) is 4.50. The fraction of sp³-hybridized carbons (Fsp3) is 0.280. The minimum absolute atomic E-state index is 0.0779. The molecule has 1 fully saturated rings. The van der Waals surface area contributed by atoms with Crippen molar-refractivity contribution in [1.82, 2.24) is 24.8 Å². The van der Waals surface area contributed by atoms with E-state index in [1.54, 1.807) is 35.5 Å². The highest BCUT2D eigenvalue weighted by Crippen LogP contribution is 2.43. The van der Waals surface area contributed by atoms with Crippen molar-refractivity contribution in [1.29, 1.82) is 0 Å². The van der Waals surface area contributed by atoms with Crippen molar-refractivity contribution in [3.05, 3.63) is 66.1 Å². The van der Waals surface area contributed by atoms with Crippen molar-refractivity contribution in [2.75, 3.05) is 45.2 Å². The molecule has 4 heterocycles. The Balaban J connectivity index is 1.32. The van der Waals surface area contributed by atoms with Crippen LogP contribution in [0.2, 0.25) is 0 Å². The molecule has 0 radical (unpaired) electrons. The second-order valence-electron chi connectivity index (χ2n) is 8.28. The number of aromatic nitrogens is 3. The average molecular weight is 473 g/mol. The number of ether oxygens (including phenoxy) is 1. The Morgan fingerprint density at radius 2 is 1.63 bits per heavy atom. The molecular formula is C25H24N6O4. The van der Waals surface area contributed by atoms with Crippen LogP contribution in [0.1, 0.15) is 21.8 Å². The third kappa shape index (κ3) is 4.18. The highest BCUT2D eigenvalue weighted by molar-refractivity contribution is 6.38. The number of amides is 2. The highest BCUT2D eigenvalue weighted by atomic mass is 16.5. The molecular weight excluding hydrogens is 448 g/mol. The molecule has 1 aromatic carbocycles. The van der Waals surface area contributed by atoms with E-state index in [2.05, 4.69) is 20.3 Å². The molecule has 1 unspecified atom stereocenters. The molecule has 10 nitrogen and oxygen atoms in total. The predicted molar refractivity (Wildman–Crippen MR) is 127 cm³/mol. The first-order chi connectivity index (χ1) is 17.1. The van der Waals surface area contributed by atoms with E-state index < -0.39 is 17.6 Å². The summed E-state index contributed by atoms with van der Waals surface area (Å²) in [7, 11) is 1.50. The summed E-state index contributed by atoms with van der Waals surface area (Å²) < 4.78 is 5.47. The summed E-state index contributed by atoms with van der Waals surface area (Å²) in [5.74, 6) is -1.05. The topological polar surface area (TPSA) is 118 Å². The number of anilines is 1. The predicted octanol–water partition coefficient (Wildman–Crippen LogP) is 1.61. The van der Waals surface area contributed by atoms with E-state index in [9.17, 15) is 14.4 Å². The Hall–Kier alpha value is -4.34. The SMILES string of the molecule is COc1cnc(-c2ncccn2)c2c1C(C(=O)C(=O)N1CCN(C(=O)c3ccccc3)CC1)CN2. The first-order valence-corrected chi connectivity index (χ1v) is 11.3. The van der Waals surface area contributed by atoms with Crippen molar-refractivity contribution in [2.24, 2.45) is 0 Å². The van der Waals surface area contributed by atoms with Crippen LogP contribution in [-0.4, -0.2) is 82.2 Å². The van der Waals surface area contributed by atoms with Crippen molar-refractivity contribution in [2.45, 2.75) is 5.92 Å². The second-order valence-corrected chi connectivity index (χ2v) is 8.28. The summed E-state index contributed by atoms with van der Waals surface area (Å²) >= 11 is 0. The smallest absolute Gasteiger partial charge is 0.290 e. The standard InChI is InChI=1S/C25H24N6O4/c1-35-18-15-29-21(23-26-8-5-9-27-23)20-19(18)17(14-28-20)22(32)25(34)31-12-10-30(11-13-31)24(33)16-6-3-2-4-7-16/h2-9,15,17,28H,10-14H2,1H3. The molecule has 2 aliphatic heterocycles. The van der Waals surface area contributed by atoms with Gasteiger partial charge in [-0.15, -0.1) is 0 Å². The summed E-state index contributed by atoms with van der Waals surface area (Å²) in [4.78, 5) is 55.3. The monoisotopic (exact) mass is 472 g/mol. The van der Waals surface area contributed by atoms with Crippen LogP contribution in [0.15, 0.2) is 55.0 Å². The minimum Gasteiger partial charge on any atom is -0.495 e. The van der Waals surface area contributed by atoms with Crippen LogP contribution in [0.25, 0.3) is 11.5 Å². The number of rotatable bonds is 5. The molecule has 1 saturated heterocycles. The van der Waals surface area contributed by atoms with E-state index in [1.807, 2.05) is 18.2 Å². The highest BCUT2D eigenvalue weighted by Gasteiger charge is 2.40. The quantitative estimate of drug-likeness (QED) is 0.557. The van der Waals surface area contributed by atoms with Gasteiger partial charge in [0.1, 0.15) is 11.4 Å². The number of ketones is 1. The number of Topliss-reactive ketones (excluding diaryl/α,β-unsaturated/α-hetero) is 1. The van der Waals surface area contributed by atoms with Gasteiger partial charge in [0, 0.05) is 56.2 Å². The van der Waals surface area contributed by atoms with E-state index in [4.69, 9.17) is 4.74 Å². The number of carbonyl (C=O) groups excluding carboxylic acids is 3. The summed E-state index contributed by atoms with van der Waals surface area (Å²) in [6, 6.07) is 10.7. The minimum atomic E-state index is -0.720. The Labute approximate surface area is 202 Å². The molecule has 0 bridgehead atoms. The van der Waals surface area contributed by atoms with Gasteiger partial charge in [-0.25, -0.2) is 15.0 Å². The van der Waals surface area contributed by atoms with Crippen LogP contribution in [0.4, 0.5) is 5.69 Å². The third-order valence-electron chi connectivity index (χ3n) is 6.31. The number of fused-ring (bicyclic) bond motifs is 1. The van der Waals surface area contributed by atoms with Gasteiger partial charge in [-0.05, 0) is 18.2 Å². The molecule has 2 aliphatic rings. The van der Waals surface area contributed by atoms with Gasteiger partial charge in [0.2, 0.25) is 5.78 Å². The summed E-state index contributed by atoms with van der Waals surface area (Å²) in [5.41, 5.74) is 2.29. The molecule has 178 valence electrons. The van der Waals surface area contributed by atoms with Gasteiger partial charge in [0.25, 0.3) is 11.8 Å². The Bertz CT molecular complexity index is 1260. The lowest BCUT2D eigenvalue weighted by Gasteiger charge is -2.34. The maximum absolute atomic E-state index is 13.3. The molecule has 3 aromatic rings.